The Labute approximate surface area is 152 Å². The van der Waals surface area contributed by atoms with E-state index in [1.165, 1.54) is 6.92 Å². The molecule has 1 heterocycles. The van der Waals surface area contributed by atoms with Crippen LogP contribution in [0, 0.1) is 13.8 Å². The van der Waals surface area contributed by atoms with Crippen LogP contribution in [0.2, 0.25) is 0 Å². The molecule has 2 atom stereocenters. The zero-order valence-electron chi connectivity index (χ0n) is 15.2. The SMILES string of the molecule is CC(=O)O[C@@H]1COC[C@H]1Oc1cc(C)c(-c2ccccc2)c(C)c1C=O. The Kier molecular flexibility index (Phi) is 5.38. The number of rotatable bonds is 5. The molecule has 2 aromatic rings. The number of esters is 1. The minimum Gasteiger partial charge on any atom is -0.483 e. The van der Waals surface area contributed by atoms with E-state index < -0.39 is 12.2 Å². The van der Waals surface area contributed by atoms with E-state index in [1.54, 1.807) is 0 Å². The highest BCUT2D eigenvalue weighted by Gasteiger charge is 2.33. The maximum absolute atomic E-state index is 11.8. The van der Waals surface area contributed by atoms with E-state index in [9.17, 15) is 9.59 Å². The molecule has 0 N–H and O–H groups in total. The number of hydrogen-bond donors (Lipinski definition) is 0. The van der Waals surface area contributed by atoms with Gasteiger partial charge in [0.05, 0.1) is 18.8 Å². The molecule has 0 amide bonds. The molecule has 26 heavy (non-hydrogen) atoms. The summed E-state index contributed by atoms with van der Waals surface area (Å²) in [5.74, 6) is 0.110. The summed E-state index contributed by atoms with van der Waals surface area (Å²) < 4.78 is 16.7. The number of carbonyl (C=O) groups is 2. The summed E-state index contributed by atoms with van der Waals surface area (Å²) in [4.78, 5) is 23.0. The Bertz CT molecular complexity index is 813. The van der Waals surface area contributed by atoms with Gasteiger partial charge in [0.2, 0.25) is 0 Å². The lowest BCUT2D eigenvalue weighted by Crippen LogP contribution is -2.34. The minimum absolute atomic E-state index is 0.292. The van der Waals surface area contributed by atoms with Crippen LogP contribution in [-0.2, 0) is 14.3 Å². The molecule has 1 fully saturated rings. The molecule has 0 saturated carbocycles. The first kappa shape index (κ1) is 18.1. The van der Waals surface area contributed by atoms with Gasteiger partial charge in [0.15, 0.2) is 18.5 Å². The molecule has 1 saturated heterocycles. The molecule has 0 spiro atoms. The van der Waals surface area contributed by atoms with E-state index in [1.807, 2.05) is 50.2 Å². The van der Waals surface area contributed by atoms with E-state index in [2.05, 4.69) is 0 Å². The maximum atomic E-state index is 11.8. The summed E-state index contributed by atoms with van der Waals surface area (Å²) in [5.41, 5.74) is 4.46. The fourth-order valence-corrected chi connectivity index (χ4v) is 3.37. The van der Waals surface area contributed by atoms with E-state index in [0.29, 0.717) is 24.5 Å². The van der Waals surface area contributed by atoms with Crippen molar-refractivity contribution in [1.82, 2.24) is 0 Å². The summed E-state index contributed by atoms with van der Waals surface area (Å²) in [7, 11) is 0. The third kappa shape index (κ3) is 3.63. The van der Waals surface area contributed by atoms with Gasteiger partial charge < -0.3 is 14.2 Å². The van der Waals surface area contributed by atoms with Crippen molar-refractivity contribution >= 4 is 12.3 Å². The molecule has 0 unspecified atom stereocenters. The predicted molar refractivity (Wildman–Crippen MR) is 97.5 cm³/mol. The average molecular weight is 354 g/mol. The van der Waals surface area contributed by atoms with Crippen LogP contribution in [0.15, 0.2) is 36.4 Å². The van der Waals surface area contributed by atoms with Gasteiger partial charge in [0.1, 0.15) is 5.75 Å². The van der Waals surface area contributed by atoms with Crippen LogP contribution in [0.1, 0.15) is 28.4 Å². The first-order valence-corrected chi connectivity index (χ1v) is 8.57. The second kappa shape index (κ2) is 7.70. The van der Waals surface area contributed by atoms with Gasteiger partial charge in [-0.25, -0.2) is 0 Å². The van der Waals surface area contributed by atoms with Crippen molar-refractivity contribution in [2.45, 2.75) is 33.0 Å². The minimum atomic E-state index is -0.471. The third-order valence-electron chi connectivity index (χ3n) is 4.54. The molecule has 136 valence electrons. The largest absolute Gasteiger partial charge is 0.483 e. The standard InChI is InChI=1S/C21H22O5/c1-13-9-18(26-20-12-24-11-19(20)25-15(3)23)17(10-22)14(2)21(13)16-7-5-4-6-8-16/h4-10,19-20H,11-12H2,1-3H3/t19-,20-/m1/s1. The Morgan fingerprint density at radius 3 is 2.50 bits per heavy atom. The number of ether oxygens (including phenoxy) is 3. The Hall–Kier alpha value is -2.66. The monoisotopic (exact) mass is 354 g/mol. The van der Waals surface area contributed by atoms with Gasteiger partial charge in [-0.1, -0.05) is 30.3 Å². The number of aryl methyl sites for hydroxylation is 1. The van der Waals surface area contributed by atoms with Crippen LogP contribution < -0.4 is 4.74 Å². The molecule has 0 aliphatic carbocycles. The molecule has 0 radical (unpaired) electrons. The van der Waals surface area contributed by atoms with Crippen molar-refractivity contribution < 1.29 is 23.8 Å². The van der Waals surface area contributed by atoms with Crippen molar-refractivity contribution in [3.8, 4) is 16.9 Å². The van der Waals surface area contributed by atoms with Crippen LogP contribution in [0.25, 0.3) is 11.1 Å². The van der Waals surface area contributed by atoms with Crippen LogP contribution >= 0.6 is 0 Å². The van der Waals surface area contributed by atoms with Crippen molar-refractivity contribution in [2.75, 3.05) is 13.2 Å². The number of hydrogen-bond acceptors (Lipinski definition) is 5. The topological polar surface area (TPSA) is 61.8 Å². The third-order valence-corrected chi connectivity index (χ3v) is 4.54. The molecule has 3 rings (SSSR count). The molecule has 5 heteroatoms. The van der Waals surface area contributed by atoms with E-state index >= 15 is 0 Å². The number of aldehydes is 1. The van der Waals surface area contributed by atoms with E-state index in [0.717, 1.165) is 28.5 Å². The smallest absolute Gasteiger partial charge is 0.303 e. The lowest BCUT2D eigenvalue weighted by molar-refractivity contribution is -0.149. The van der Waals surface area contributed by atoms with E-state index in [-0.39, 0.29) is 5.97 Å². The first-order valence-electron chi connectivity index (χ1n) is 8.57. The van der Waals surface area contributed by atoms with Crippen LogP contribution in [-0.4, -0.2) is 37.7 Å². The zero-order chi connectivity index (χ0) is 18.7. The van der Waals surface area contributed by atoms with Gasteiger partial charge in [-0.05, 0) is 42.2 Å². The van der Waals surface area contributed by atoms with Crippen molar-refractivity contribution in [3.05, 3.63) is 53.1 Å². The molecule has 0 bridgehead atoms. The molecule has 1 aliphatic rings. The highest BCUT2D eigenvalue weighted by atomic mass is 16.6. The Morgan fingerprint density at radius 1 is 1.15 bits per heavy atom. The number of benzene rings is 2. The van der Waals surface area contributed by atoms with Crippen molar-refractivity contribution in [1.29, 1.82) is 0 Å². The highest BCUT2D eigenvalue weighted by molar-refractivity contribution is 5.88. The van der Waals surface area contributed by atoms with Gasteiger partial charge in [-0.15, -0.1) is 0 Å². The molecule has 2 aromatic carbocycles. The summed E-state index contributed by atoms with van der Waals surface area (Å²) >= 11 is 0. The van der Waals surface area contributed by atoms with Crippen LogP contribution in [0.3, 0.4) is 0 Å². The molecule has 0 aromatic heterocycles. The van der Waals surface area contributed by atoms with Crippen LogP contribution in [0.4, 0.5) is 0 Å². The van der Waals surface area contributed by atoms with Gasteiger partial charge in [-0.2, -0.15) is 0 Å². The average Bonchev–Trinajstić information content (AvgIpc) is 3.02. The quantitative estimate of drug-likeness (QED) is 0.607. The van der Waals surface area contributed by atoms with Crippen LogP contribution in [0.5, 0.6) is 5.75 Å². The predicted octanol–water partition coefficient (Wildman–Crippen LogP) is 3.49. The van der Waals surface area contributed by atoms with Crippen molar-refractivity contribution in [2.24, 2.45) is 0 Å². The summed E-state index contributed by atoms with van der Waals surface area (Å²) in [6.07, 6.45) is -0.0897. The van der Waals surface area contributed by atoms with Gasteiger partial charge in [0, 0.05) is 6.92 Å². The fraction of sp³-hybridized carbons (Fsp3) is 0.333. The molecular weight excluding hydrogens is 332 g/mol. The summed E-state index contributed by atoms with van der Waals surface area (Å²) in [6.45, 7) is 5.87. The van der Waals surface area contributed by atoms with Gasteiger partial charge in [0.25, 0.3) is 0 Å². The highest BCUT2D eigenvalue weighted by Crippen LogP contribution is 2.35. The summed E-state index contributed by atoms with van der Waals surface area (Å²) in [5, 5.41) is 0. The lowest BCUT2D eigenvalue weighted by atomic mass is 9.92. The second-order valence-corrected chi connectivity index (χ2v) is 6.43. The Morgan fingerprint density at radius 2 is 1.85 bits per heavy atom. The van der Waals surface area contributed by atoms with Gasteiger partial charge in [-0.3, -0.25) is 9.59 Å². The fourth-order valence-electron chi connectivity index (χ4n) is 3.37. The number of carbonyl (C=O) groups excluding carboxylic acids is 2. The van der Waals surface area contributed by atoms with Gasteiger partial charge >= 0.3 is 5.97 Å². The second-order valence-electron chi connectivity index (χ2n) is 6.43. The summed E-state index contributed by atoms with van der Waals surface area (Å²) in [6, 6.07) is 11.8. The van der Waals surface area contributed by atoms with Crippen molar-refractivity contribution in [3.63, 3.8) is 0 Å². The normalized spacial score (nSPS) is 19.2. The maximum Gasteiger partial charge on any atom is 0.303 e. The lowest BCUT2D eigenvalue weighted by Gasteiger charge is -2.22. The zero-order valence-corrected chi connectivity index (χ0v) is 15.2. The molecule has 1 aliphatic heterocycles. The van der Waals surface area contributed by atoms with E-state index in [4.69, 9.17) is 14.2 Å². The Balaban J connectivity index is 1.96. The molecular formula is C21H22O5. The molecule has 5 nitrogen and oxygen atoms in total. The first-order chi connectivity index (χ1) is 12.5.